The third-order valence-electron chi connectivity index (χ3n) is 7.12. The molecule has 0 amide bonds. The molecule has 11 nitrogen and oxygen atoms in total. The first-order valence-corrected chi connectivity index (χ1v) is 13.0. The monoisotopic (exact) mass is 552 g/mol. The number of aryl methyl sites for hydroxylation is 1. The molecule has 2 N–H and O–H groups in total. The van der Waals surface area contributed by atoms with Gasteiger partial charge in [-0.3, -0.25) is 9.59 Å². The summed E-state index contributed by atoms with van der Waals surface area (Å²) in [5.74, 6) is 0.833. The lowest BCUT2D eigenvalue weighted by Crippen LogP contribution is -2.23. The third-order valence-corrected chi connectivity index (χ3v) is 7.35. The predicted molar refractivity (Wildman–Crippen MR) is 148 cm³/mol. The largest absolute Gasteiger partial charge is 0.424 e. The van der Waals surface area contributed by atoms with Gasteiger partial charge in [-0.2, -0.15) is 4.68 Å². The number of H-pyrrole nitrogens is 2. The van der Waals surface area contributed by atoms with E-state index in [9.17, 15) is 9.59 Å². The normalized spacial score (nSPS) is 14.5. The first kappa shape index (κ1) is 24.0. The summed E-state index contributed by atoms with van der Waals surface area (Å²) in [6.45, 7) is 1.37. The number of halogens is 1. The van der Waals surface area contributed by atoms with E-state index in [1.54, 1.807) is 33.8 Å². The van der Waals surface area contributed by atoms with Gasteiger partial charge in [-0.05, 0) is 65.2 Å². The molecule has 0 saturated carbocycles. The van der Waals surface area contributed by atoms with Crippen LogP contribution in [0.2, 0.25) is 5.02 Å². The highest BCUT2D eigenvalue weighted by Gasteiger charge is 2.28. The Morgan fingerprint density at radius 3 is 2.85 bits per heavy atom. The van der Waals surface area contributed by atoms with Crippen molar-refractivity contribution in [3.05, 3.63) is 94.1 Å². The highest BCUT2D eigenvalue weighted by Crippen LogP contribution is 2.35. The highest BCUT2D eigenvalue weighted by atomic mass is 35.5. The van der Waals surface area contributed by atoms with Gasteiger partial charge in [-0.1, -0.05) is 17.7 Å². The van der Waals surface area contributed by atoms with E-state index in [0.717, 1.165) is 57.5 Å². The van der Waals surface area contributed by atoms with Gasteiger partial charge in [0.1, 0.15) is 12.2 Å². The fourth-order valence-corrected chi connectivity index (χ4v) is 5.55. The summed E-state index contributed by atoms with van der Waals surface area (Å²) >= 11 is 6.32. The Kier molecular flexibility index (Phi) is 5.60. The number of esters is 1. The van der Waals surface area contributed by atoms with Crippen molar-refractivity contribution in [2.75, 3.05) is 0 Å². The van der Waals surface area contributed by atoms with Crippen molar-refractivity contribution in [3.8, 4) is 33.8 Å². The molecule has 4 aromatic heterocycles. The summed E-state index contributed by atoms with van der Waals surface area (Å²) in [5.41, 5.74) is 5.60. The topological polar surface area (TPSA) is 136 Å². The van der Waals surface area contributed by atoms with Crippen molar-refractivity contribution in [2.45, 2.75) is 25.8 Å². The average molecular weight is 553 g/mol. The number of nitrogens with zero attached hydrogens (tertiary/aromatic N) is 6. The van der Waals surface area contributed by atoms with Gasteiger partial charge >= 0.3 is 5.97 Å². The molecule has 1 atom stereocenters. The third kappa shape index (κ3) is 4.07. The Morgan fingerprint density at radius 1 is 1.12 bits per heavy atom. The van der Waals surface area contributed by atoms with Crippen molar-refractivity contribution in [2.24, 2.45) is 0 Å². The average Bonchev–Trinajstić information content (AvgIpc) is 3.75. The minimum absolute atomic E-state index is 0.124. The molecule has 5 heterocycles. The van der Waals surface area contributed by atoms with E-state index < -0.39 is 0 Å². The Balaban J connectivity index is 1.21. The minimum atomic E-state index is -0.372. The summed E-state index contributed by atoms with van der Waals surface area (Å²) in [5, 5.41) is 12.8. The minimum Gasteiger partial charge on any atom is -0.424 e. The SMILES string of the molecule is CC(=O)Oc1c[nH]c2cc(-c3cnc([C@@H]4CCc5cc(-c6cc(Cl)ccc6-n6cnnn6)cc(=O)n54)[nH]3)ccc12. The molecule has 12 heteroatoms. The van der Waals surface area contributed by atoms with Crippen LogP contribution >= 0.6 is 11.6 Å². The molecule has 40 heavy (non-hydrogen) atoms. The molecule has 6 aromatic rings. The second kappa shape index (κ2) is 9.31. The van der Waals surface area contributed by atoms with E-state index in [1.807, 2.05) is 36.4 Å². The smallest absolute Gasteiger partial charge is 0.308 e. The second-order valence-corrected chi connectivity index (χ2v) is 10.0. The van der Waals surface area contributed by atoms with Gasteiger partial charge < -0.3 is 19.3 Å². The molecule has 0 saturated heterocycles. The Morgan fingerprint density at radius 2 is 2.02 bits per heavy atom. The lowest BCUT2D eigenvalue weighted by atomic mass is 10.0. The summed E-state index contributed by atoms with van der Waals surface area (Å²) in [6.07, 6.45) is 6.40. The first-order valence-electron chi connectivity index (χ1n) is 12.6. The lowest BCUT2D eigenvalue weighted by molar-refractivity contribution is -0.131. The zero-order chi connectivity index (χ0) is 27.4. The zero-order valence-corrected chi connectivity index (χ0v) is 21.9. The standard InChI is InChI=1S/C28H21ClN8O3/c1-15(38)40-26-13-30-22-9-16(2-5-20(22)26)23-12-31-28(33-23)25-7-4-19-8-17(10-27(39)37(19)25)21-11-18(29)3-6-24(21)36-14-32-34-35-36/h2-3,5-6,8-14,25,30H,4,7H2,1H3,(H,31,33)/t25-/m0/s1. The van der Waals surface area contributed by atoms with Crippen LogP contribution in [0.3, 0.4) is 0 Å². The van der Waals surface area contributed by atoms with Crippen LogP contribution in [-0.2, 0) is 11.2 Å². The van der Waals surface area contributed by atoms with Crippen LogP contribution in [0.25, 0.3) is 39.0 Å². The first-order chi connectivity index (χ1) is 19.4. The summed E-state index contributed by atoms with van der Waals surface area (Å²) in [7, 11) is 0. The molecule has 1 aliphatic heterocycles. The van der Waals surface area contributed by atoms with Crippen LogP contribution in [-0.4, -0.2) is 45.7 Å². The Hall–Kier alpha value is -5.03. The number of rotatable bonds is 5. The van der Waals surface area contributed by atoms with Crippen molar-refractivity contribution in [1.29, 1.82) is 0 Å². The van der Waals surface area contributed by atoms with Gasteiger partial charge in [0.25, 0.3) is 5.56 Å². The predicted octanol–water partition coefficient (Wildman–Crippen LogP) is 4.48. The second-order valence-electron chi connectivity index (χ2n) is 9.60. The number of tetrazole rings is 1. The summed E-state index contributed by atoms with van der Waals surface area (Å²) in [4.78, 5) is 36.0. The molecule has 0 aliphatic carbocycles. The lowest BCUT2D eigenvalue weighted by Gasteiger charge is -2.15. The van der Waals surface area contributed by atoms with Crippen LogP contribution in [0.1, 0.15) is 30.9 Å². The van der Waals surface area contributed by atoms with Gasteiger partial charge in [0.05, 0.1) is 23.6 Å². The van der Waals surface area contributed by atoms with E-state index in [-0.39, 0.29) is 17.6 Å². The van der Waals surface area contributed by atoms with Crippen molar-refractivity contribution in [1.82, 2.24) is 39.7 Å². The van der Waals surface area contributed by atoms with Crippen molar-refractivity contribution < 1.29 is 9.53 Å². The number of ether oxygens (including phenoxy) is 1. The van der Waals surface area contributed by atoms with E-state index >= 15 is 0 Å². The molecular formula is C28H21ClN8O3. The molecule has 0 radical (unpaired) electrons. The number of nitrogens with one attached hydrogen (secondary N) is 2. The van der Waals surface area contributed by atoms with Crippen LogP contribution in [0, 0.1) is 0 Å². The molecule has 0 unspecified atom stereocenters. The summed E-state index contributed by atoms with van der Waals surface area (Å²) in [6, 6.07) is 14.6. The van der Waals surface area contributed by atoms with Crippen LogP contribution < -0.4 is 10.3 Å². The van der Waals surface area contributed by atoms with Gasteiger partial charge in [0.15, 0.2) is 5.75 Å². The number of imidazole rings is 1. The Bertz CT molecular complexity index is 1970. The number of aromatic nitrogens is 8. The maximum Gasteiger partial charge on any atom is 0.308 e. The number of aromatic amines is 2. The number of carbonyl (C=O) groups is 1. The highest BCUT2D eigenvalue weighted by molar-refractivity contribution is 6.31. The maximum atomic E-state index is 13.5. The fourth-order valence-electron chi connectivity index (χ4n) is 5.38. The maximum absolute atomic E-state index is 13.5. The number of carbonyl (C=O) groups excluding carboxylic acids is 1. The molecular weight excluding hydrogens is 532 g/mol. The van der Waals surface area contributed by atoms with Crippen LogP contribution in [0.4, 0.5) is 0 Å². The van der Waals surface area contributed by atoms with E-state index in [2.05, 4.69) is 30.5 Å². The van der Waals surface area contributed by atoms with Gasteiger partial charge in [-0.15, -0.1) is 5.10 Å². The number of benzene rings is 2. The fraction of sp³-hybridized carbons (Fsp3) is 0.143. The molecule has 0 fully saturated rings. The van der Waals surface area contributed by atoms with E-state index in [0.29, 0.717) is 16.6 Å². The zero-order valence-electron chi connectivity index (χ0n) is 21.1. The molecule has 1 aliphatic rings. The van der Waals surface area contributed by atoms with Gasteiger partial charge in [-0.25, -0.2) is 4.98 Å². The van der Waals surface area contributed by atoms with Crippen LogP contribution in [0.5, 0.6) is 5.75 Å². The van der Waals surface area contributed by atoms with Gasteiger partial charge in [0.2, 0.25) is 0 Å². The molecule has 2 aromatic carbocycles. The van der Waals surface area contributed by atoms with Crippen molar-refractivity contribution in [3.63, 3.8) is 0 Å². The number of fused-ring (bicyclic) bond motifs is 2. The van der Waals surface area contributed by atoms with Crippen molar-refractivity contribution >= 4 is 28.5 Å². The quantitative estimate of drug-likeness (QED) is 0.301. The molecule has 7 rings (SSSR count). The van der Waals surface area contributed by atoms with E-state index in [1.165, 1.54) is 13.3 Å². The van der Waals surface area contributed by atoms with Crippen LogP contribution in [0.15, 0.2) is 72.0 Å². The molecule has 198 valence electrons. The summed E-state index contributed by atoms with van der Waals surface area (Å²) < 4.78 is 8.60. The van der Waals surface area contributed by atoms with E-state index in [4.69, 9.17) is 16.3 Å². The number of pyridine rings is 1. The van der Waals surface area contributed by atoms with Gasteiger partial charge in [0, 0.05) is 51.9 Å². The number of hydrogen-bond acceptors (Lipinski definition) is 7. The Labute approximate surface area is 231 Å². The molecule has 0 spiro atoms. The number of hydrogen-bond donors (Lipinski definition) is 2. The molecule has 0 bridgehead atoms.